The first-order chi connectivity index (χ1) is 6.64. The van der Waals surface area contributed by atoms with Gasteiger partial charge in [0.05, 0.1) is 0 Å². The second-order valence-corrected chi connectivity index (χ2v) is 18.3. The van der Waals surface area contributed by atoms with Crippen molar-refractivity contribution in [3.05, 3.63) is 0 Å². The van der Waals surface area contributed by atoms with E-state index >= 15 is 0 Å². The number of rotatable bonds is 7. The standard InChI is InChI=1S/C11H29BOSi2/c1-13-12(8-10-14(2,3)4)9-11-15(5,6)7/h8-11H2,1-7H3. The van der Waals surface area contributed by atoms with E-state index in [9.17, 15) is 0 Å². The van der Waals surface area contributed by atoms with Crippen molar-refractivity contribution in [2.24, 2.45) is 0 Å². The summed E-state index contributed by atoms with van der Waals surface area (Å²) in [6.07, 6.45) is 2.55. The summed E-state index contributed by atoms with van der Waals surface area (Å²) in [5, 5.41) is 0. The van der Waals surface area contributed by atoms with Crippen LogP contribution < -0.4 is 0 Å². The fourth-order valence-electron chi connectivity index (χ4n) is 1.57. The van der Waals surface area contributed by atoms with Crippen LogP contribution in [-0.2, 0) is 4.65 Å². The molecular weight excluding hydrogens is 215 g/mol. The van der Waals surface area contributed by atoms with Crippen LogP contribution in [0.5, 0.6) is 0 Å². The monoisotopic (exact) mass is 244 g/mol. The lowest BCUT2D eigenvalue weighted by Gasteiger charge is -2.21. The summed E-state index contributed by atoms with van der Waals surface area (Å²) in [4.78, 5) is 0. The molecule has 0 aromatic heterocycles. The van der Waals surface area contributed by atoms with Crippen LogP contribution in [0.1, 0.15) is 0 Å². The Balaban J connectivity index is 3.84. The van der Waals surface area contributed by atoms with Crippen molar-refractivity contribution in [1.29, 1.82) is 0 Å². The lowest BCUT2D eigenvalue weighted by molar-refractivity contribution is 0.419. The van der Waals surface area contributed by atoms with Gasteiger partial charge in [-0.3, -0.25) is 0 Å². The van der Waals surface area contributed by atoms with Crippen LogP contribution in [-0.4, -0.2) is 30.2 Å². The summed E-state index contributed by atoms with van der Waals surface area (Å²) in [5.74, 6) is 0. The molecule has 90 valence electrons. The van der Waals surface area contributed by atoms with Gasteiger partial charge in [-0.1, -0.05) is 51.4 Å². The molecule has 0 aromatic carbocycles. The Morgan fingerprint density at radius 3 is 1.33 bits per heavy atom. The summed E-state index contributed by atoms with van der Waals surface area (Å²) in [7, 11) is 0.114. The van der Waals surface area contributed by atoms with Crippen LogP contribution in [0, 0.1) is 0 Å². The Hall–Kier alpha value is 0.459. The fourth-order valence-corrected chi connectivity index (χ4v) is 3.94. The van der Waals surface area contributed by atoms with E-state index in [1.54, 1.807) is 0 Å². The maximum absolute atomic E-state index is 5.59. The van der Waals surface area contributed by atoms with Crippen LogP contribution in [0.4, 0.5) is 0 Å². The van der Waals surface area contributed by atoms with E-state index < -0.39 is 16.1 Å². The summed E-state index contributed by atoms with van der Waals surface area (Å²) in [6, 6.07) is 2.80. The Bertz CT molecular complexity index is 154. The van der Waals surface area contributed by atoms with E-state index in [2.05, 4.69) is 39.3 Å². The normalized spacial score (nSPS) is 13.0. The van der Waals surface area contributed by atoms with E-state index in [-0.39, 0.29) is 0 Å². The molecule has 0 radical (unpaired) electrons. The van der Waals surface area contributed by atoms with Crippen molar-refractivity contribution in [2.75, 3.05) is 7.11 Å². The molecule has 0 bridgehead atoms. The maximum Gasteiger partial charge on any atom is 0.292 e. The molecule has 0 heterocycles. The molecule has 0 saturated carbocycles. The quantitative estimate of drug-likeness (QED) is 0.607. The van der Waals surface area contributed by atoms with Crippen LogP contribution in [0.2, 0.25) is 64.0 Å². The molecule has 0 fully saturated rings. The van der Waals surface area contributed by atoms with Gasteiger partial charge in [-0.2, -0.15) is 0 Å². The molecule has 4 heteroatoms. The number of hydrogen-bond donors (Lipinski definition) is 0. The third kappa shape index (κ3) is 10.7. The second kappa shape index (κ2) is 6.26. The van der Waals surface area contributed by atoms with Gasteiger partial charge in [0.2, 0.25) is 0 Å². The smallest absolute Gasteiger partial charge is 0.292 e. The van der Waals surface area contributed by atoms with Crippen molar-refractivity contribution >= 4 is 23.1 Å². The largest absolute Gasteiger partial charge is 0.439 e. The summed E-state index contributed by atoms with van der Waals surface area (Å²) in [5.41, 5.74) is 0. The van der Waals surface area contributed by atoms with Crippen LogP contribution >= 0.6 is 0 Å². The van der Waals surface area contributed by atoms with E-state index in [1.165, 1.54) is 24.7 Å². The zero-order valence-corrected chi connectivity index (χ0v) is 13.8. The molecule has 0 aliphatic carbocycles. The molecular formula is C11H29BOSi2. The highest BCUT2D eigenvalue weighted by Crippen LogP contribution is 2.20. The molecule has 0 saturated heterocycles. The van der Waals surface area contributed by atoms with Gasteiger partial charge in [0, 0.05) is 23.3 Å². The lowest BCUT2D eigenvalue weighted by atomic mass is 9.62. The molecule has 0 N–H and O–H groups in total. The highest BCUT2D eigenvalue weighted by Gasteiger charge is 2.22. The zero-order chi connectivity index (χ0) is 12.1. The van der Waals surface area contributed by atoms with Crippen molar-refractivity contribution in [3.63, 3.8) is 0 Å². The molecule has 0 aliphatic heterocycles. The highest BCUT2D eigenvalue weighted by molar-refractivity contribution is 6.78. The third-order valence-corrected chi connectivity index (χ3v) is 6.34. The summed E-state index contributed by atoms with van der Waals surface area (Å²) < 4.78 is 5.59. The first kappa shape index (κ1) is 15.5. The molecule has 15 heavy (non-hydrogen) atoms. The molecule has 0 aromatic rings. The highest BCUT2D eigenvalue weighted by atomic mass is 28.3. The minimum Gasteiger partial charge on any atom is -0.439 e. The Morgan fingerprint density at radius 1 is 0.800 bits per heavy atom. The molecule has 0 amide bonds. The van der Waals surface area contributed by atoms with Gasteiger partial charge in [0.15, 0.2) is 0 Å². The number of hydrogen-bond acceptors (Lipinski definition) is 1. The van der Waals surface area contributed by atoms with Crippen molar-refractivity contribution < 1.29 is 4.65 Å². The molecule has 0 atom stereocenters. The first-order valence-corrected chi connectivity index (χ1v) is 13.6. The van der Waals surface area contributed by atoms with Gasteiger partial charge >= 0.3 is 0 Å². The van der Waals surface area contributed by atoms with Gasteiger partial charge < -0.3 is 4.65 Å². The maximum atomic E-state index is 5.59. The van der Waals surface area contributed by atoms with Gasteiger partial charge in [0.25, 0.3) is 6.92 Å². The van der Waals surface area contributed by atoms with E-state index in [1.807, 2.05) is 7.11 Å². The summed E-state index contributed by atoms with van der Waals surface area (Å²) >= 11 is 0. The Morgan fingerprint density at radius 2 is 1.13 bits per heavy atom. The topological polar surface area (TPSA) is 9.23 Å². The average Bonchev–Trinajstić information content (AvgIpc) is 2.00. The molecule has 0 spiro atoms. The third-order valence-electron chi connectivity index (χ3n) is 2.77. The van der Waals surface area contributed by atoms with Gasteiger partial charge in [-0.05, 0) is 12.6 Å². The fraction of sp³-hybridized carbons (Fsp3) is 1.00. The minimum absolute atomic E-state index is 0.517. The predicted molar refractivity (Wildman–Crippen MR) is 78.7 cm³/mol. The summed E-state index contributed by atoms with van der Waals surface area (Å²) in [6.45, 7) is 15.2. The van der Waals surface area contributed by atoms with Gasteiger partial charge in [-0.15, -0.1) is 0 Å². The van der Waals surface area contributed by atoms with Crippen molar-refractivity contribution in [2.45, 2.75) is 64.0 Å². The SMILES string of the molecule is COB(CC[Si](C)(C)C)CC[Si](C)(C)C. The van der Waals surface area contributed by atoms with E-state index in [0.717, 1.165) is 0 Å². The van der Waals surface area contributed by atoms with Crippen molar-refractivity contribution in [1.82, 2.24) is 0 Å². The Labute approximate surface area is 99.1 Å². The predicted octanol–water partition coefficient (Wildman–Crippen LogP) is 4.30. The van der Waals surface area contributed by atoms with Crippen LogP contribution in [0.15, 0.2) is 0 Å². The molecule has 0 aliphatic rings. The van der Waals surface area contributed by atoms with Gasteiger partial charge in [-0.25, -0.2) is 0 Å². The van der Waals surface area contributed by atoms with Gasteiger partial charge in [0.1, 0.15) is 0 Å². The second-order valence-electron chi connectivity index (χ2n) is 7.06. The van der Waals surface area contributed by atoms with Crippen molar-refractivity contribution in [3.8, 4) is 0 Å². The minimum atomic E-state index is -0.880. The molecule has 0 unspecified atom stereocenters. The zero-order valence-electron chi connectivity index (χ0n) is 11.8. The molecule has 0 rings (SSSR count). The lowest BCUT2D eigenvalue weighted by Crippen LogP contribution is -2.27. The average molecular weight is 244 g/mol. The molecule has 1 nitrogen and oxygen atoms in total. The van der Waals surface area contributed by atoms with Crippen LogP contribution in [0.3, 0.4) is 0 Å². The van der Waals surface area contributed by atoms with E-state index in [0.29, 0.717) is 6.92 Å². The van der Waals surface area contributed by atoms with Crippen LogP contribution in [0.25, 0.3) is 0 Å². The van der Waals surface area contributed by atoms with E-state index in [4.69, 9.17) is 4.65 Å². The first-order valence-electron chi connectivity index (χ1n) is 6.17. The Kier molecular flexibility index (Phi) is 6.45.